The van der Waals surface area contributed by atoms with Crippen LogP contribution in [0.3, 0.4) is 0 Å². The molecule has 0 radical (unpaired) electrons. The maximum Gasteiger partial charge on any atom is 0.328 e. The molecule has 0 aliphatic carbocycles. The summed E-state index contributed by atoms with van der Waals surface area (Å²) in [5, 5.41) is 2.63. The largest absolute Gasteiger partial charge is 0.467 e. The Kier molecular flexibility index (Phi) is 5.48. The van der Waals surface area contributed by atoms with Crippen molar-refractivity contribution >= 4 is 18.0 Å². The first-order valence-corrected chi connectivity index (χ1v) is 6.77. The van der Waals surface area contributed by atoms with Gasteiger partial charge in [-0.3, -0.25) is 4.79 Å². The van der Waals surface area contributed by atoms with E-state index in [0.717, 1.165) is 11.3 Å². The molecule has 1 amide bonds. The van der Waals surface area contributed by atoms with Gasteiger partial charge in [0.05, 0.1) is 13.4 Å². The number of rotatable bonds is 6. The predicted molar refractivity (Wildman–Crippen MR) is 81.7 cm³/mol. The van der Waals surface area contributed by atoms with Crippen LogP contribution in [0.25, 0.3) is 6.08 Å². The molecule has 0 aliphatic heterocycles. The molecule has 114 valence electrons. The van der Waals surface area contributed by atoms with Crippen LogP contribution in [0.5, 0.6) is 0 Å². The second kappa shape index (κ2) is 7.78. The summed E-state index contributed by atoms with van der Waals surface area (Å²) < 4.78 is 4.71. The molecule has 2 N–H and O–H groups in total. The number of nitrogens with one attached hydrogen (secondary N) is 2. The van der Waals surface area contributed by atoms with Crippen molar-refractivity contribution in [1.29, 1.82) is 0 Å². The zero-order valence-corrected chi connectivity index (χ0v) is 12.2. The van der Waals surface area contributed by atoms with Gasteiger partial charge in [-0.2, -0.15) is 0 Å². The van der Waals surface area contributed by atoms with Crippen LogP contribution in [0, 0.1) is 0 Å². The molecule has 0 spiro atoms. The van der Waals surface area contributed by atoms with Gasteiger partial charge in [0, 0.05) is 24.4 Å². The number of carbonyl (C=O) groups is 2. The first-order valence-electron chi connectivity index (χ1n) is 6.77. The Morgan fingerprint density at radius 3 is 2.77 bits per heavy atom. The highest BCUT2D eigenvalue weighted by atomic mass is 16.5. The highest BCUT2D eigenvalue weighted by molar-refractivity contribution is 5.94. The van der Waals surface area contributed by atoms with Gasteiger partial charge in [0.1, 0.15) is 6.04 Å². The van der Waals surface area contributed by atoms with Crippen molar-refractivity contribution in [2.24, 2.45) is 0 Å². The summed E-state index contributed by atoms with van der Waals surface area (Å²) >= 11 is 0. The summed E-state index contributed by atoms with van der Waals surface area (Å²) in [6.07, 6.45) is 6.47. The van der Waals surface area contributed by atoms with Crippen molar-refractivity contribution in [3.05, 3.63) is 60.2 Å². The smallest absolute Gasteiger partial charge is 0.328 e. The van der Waals surface area contributed by atoms with Gasteiger partial charge >= 0.3 is 5.97 Å². The number of amides is 1. The number of esters is 1. The SMILES string of the molecule is COC(=O)[C@H](Cc1cnc[nH]1)NC(=O)/C=C/c1ccccc1. The highest BCUT2D eigenvalue weighted by Gasteiger charge is 2.21. The summed E-state index contributed by atoms with van der Waals surface area (Å²) in [6, 6.07) is 8.66. The average molecular weight is 299 g/mol. The molecular weight excluding hydrogens is 282 g/mol. The molecule has 1 heterocycles. The van der Waals surface area contributed by atoms with Crippen LogP contribution in [-0.2, 0) is 20.7 Å². The lowest BCUT2D eigenvalue weighted by molar-refractivity contribution is -0.144. The summed E-state index contributed by atoms with van der Waals surface area (Å²) in [7, 11) is 1.29. The van der Waals surface area contributed by atoms with E-state index in [4.69, 9.17) is 4.74 Å². The molecule has 0 unspecified atom stereocenters. The van der Waals surface area contributed by atoms with E-state index in [0.29, 0.717) is 0 Å². The monoisotopic (exact) mass is 299 g/mol. The Morgan fingerprint density at radius 1 is 1.36 bits per heavy atom. The van der Waals surface area contributed by atoms with Gasteiger partial charge in [-0.25, -0.2) is 9.78 Å². The molecule has 0 saturated heterocycles. The van der Waals surface area contributed by atoms with Gasteiger partial charge in [-0.05, 0) is 11.6 Å². The van der Waals surface area contributed by atoms with Gasteiger partial charge in [0.15, 0.2) is 0 Å². The molecule has 22 heavy (non-hydrogen) atoms. The Morgan fingerprint density at radius 2 is 2.14 bits per heavy atom. The number of carbonyl (C=O) groups excluding carboxylic acids is 2. The van der Waals surface area contributed by atoms with E-state index < -0.39 is 12.0 Å². The van der Waals surface area contributed by atoms with E-state index in [2.05, 4.69) is 15.3 Å². The van der Waals surface area contributed by atoms with Crippen molar-refractivity contribution in [2.75, 3.05) is 7.11 Å². The standard InChI is InChI=1S/C16H17N3O3/c1-22-16(21)14(9-13-10-17-11-18-13)19-15(20)8-7-12-5-3-2-4-6-12/h2-8,10-11,14H,9H2,1H3,(H,17,18)(H,19,20)/b8-7+/t14-/m0/s1. The second-order valence-corrected chi connectivity index (χ2v) is 4.61. The Hall–Kier alpha value is -2.89. The van der Waals surface area contributed by atoms with Gasteiger partial charge in [-0.1, -0.05) is 30.3 Å². The Labute approximate surface area is 128 Å². The Bertz CT molecular complexity index is 636. The molecule has 6 heteroatoms. The number of ether oxygens (including phenoxy) is 1. The third-order valence-electron chi connectivity index (χ3n) is 3.01. The molecule has 1 aromatic heterocycles. The fourth-order valence-corrected chi connectivity index (χ4v) is 1.91. The number of aromatic amines is 1. The first-order chi connectivity index (χ1) is 10.7. The van der Waals surface area contributed by atoms with E-state index in [1.165, 1.54) is 19.5 Å². The van der Waals surface area contributed by atoms with Crippen LogP contribution in [0.4, 0.5) is 0 Å². The highest BCUT2D eigenvalue weighted by Crippen LogP contribution is 2.03. The van der Waals surface area contributed by atoms with Gasteiger partial charge in [0.2, 0.25) is 5.91 Å². The van der Waals surface area contributed by atoms with Crippen molar-refractivity contribution < 1.29 is 14.3 Å². The number of imidazole rings is 1. The van der Waals surface area contributed by atoms with Crippen LogP contribution in [-0.4, -0.2) is 35.0 Å². The van der Waals surface area contributed by atoms with Crippen LogP contribution in [0.2, 0.25) is 0 Å². The lowest BCUT2D eigenvalue weighted by atomic mass is 10.1. The topological polar surface area (TPSA) is 84.1 Å². The molecule has 2 rings (SSSR count). The fourth-order valence-electron chi connectivity index (χ4n) is 1.91. The van der Waals surface area contributed by atoms with E-state index in [-0.39, 0.29) is 12.3 Å². The van der Waals surface area contributed by atoms with E-state index >= 15 is 0 Å². The molecule has 2 aromatic rings. The number of nitrogens with zero attached hydrogens (tertiary/aromatic N) is 1. The molecular formula is C16H17N3O3. The minimum atomic E-state index is -0.765. The van der Waals surface area contributed by atoms with Crippen molar-refractivity contribution in [3.8, 4) is 0 Å². The maximum absolute atomic E-state index is 11.9. The molecule has 1 aromatic carbocycles. The quantitative estimate of drug-likeness (QED) is 0.622. The summed E-state index contributed by atoms with van der Waals surface area (Å²) in [5.74, 6) is -0.866. The van der Waals surface area contributed by atoms with Crippen LogP contribution in [0.1, 0.15) is 11.3 Å². The Balaban J connectivity index is 1.98. The summed E-state index contributed by atoms with van der Waals surface area (Å²) in [4.78, 5) is 30.5. The van der Waals surface area contributed by atoms with Crippen LogP contribution >= 0.6 is 0 Å². The zero-order valence-electron chi connectivity index (χ0n) is 12.2. The van der Waals surface area contributed by atoms with Crippen LogP contribution in [0.15, 0.2) is 48.9 Å². The van der Waals surface area contributed by atoms with E-state index in [1.54, 1.807) is 12.3 Å². The second-order valence-electron chi connectivity index (χ2n) is 4.61. The summed E-state index contributed by atoms with van der Waals surface area (Å²) in [5.41, 5.74) is 1.64. The van der Waals surface area contributed by atoms with Gasteiger partial charge in [-0.15, -0.1) is 0 Å². The number of aromatic nitrogens is 2. The molecule has 0 saturated carbocycles. The molecule has 1 atom stereocenters. The van der Waals surface area contributed by atoms with E-state index in [9.17, 15) is 9.59 Å². The average Bonchev–Trinajstić information content (AvgIpc) is 3.05. The maximum atomic E-state index is 11.9. The number of H-pyrrole nitrogens is 1. The number of hydrogen-bond acceptors (Lipinski definition) is 4. The lowest BCUT2D eigenvalue weighted by Crippen LogP contribution is -2.42. The van der Waals surface area contributed by atoms with Crippen LogP contribution < -0.4 is 5.32 Å². The molecule has 6 nitrogen and oxygen atoms in total. The van der Waals surface area contributed by atoms with Gasteiger partial charge in [0.25, 0.3) is 0 Å². The number of methoxy groups -OCH3 is 1. The van der Waals surface area contributed by atoms with Crippen molar-refractivity contribution in [2.45, 2.75) is 12.5 Å². The lowest BCUT2D eigenvalue weighted by Gasteiger charge is -2.14. The van der Waals surface area contributed by atoms with Crippen molar-refractivity contribution in [1.82, 2.24) is 15.3 Å². The molecule has 0 bridgehead atoms. The third-order valence-corrected chi connectivity index (χ3v) is 3.01. The fraction of sp³-hybridized carbons (Fsp3) is 0.188. The van der Waals surface area contributed by atoms with E-state index in [1.807, 2.05) is 30.3 Å². The molecule has 0 aliphatic rings. The normalized spacial score (nSPS) is 12.0. The number of hydrogen-bond donors (Lipinski definition) is 2. The minimum Gasteiger partial charge on any atom is -0.467 e. The minimum absolute atomic E-state index is 0.289. The third kappa shape index (κ3) is 4.59. The first kappa shape index (κ1) is 15.5. The zero-order chi connectivity index (χ0) is 15.8. The van der Waals surface area contributed by atoms with Gasteiger partial charge < -0.3 is 15.0 Å². The molecule has 0 fully saturated rings. The predicted octanol–water partition coefficient (Wildman–Crippen LogP) is 1.32. The summed E-state index contributed by atoms with van der Waals surface area (Å²) in [6.45, 7) is 0. The van der Waals surface area contributed by atoms with Crippen molar-refractivity contribution in [3.63, 3.8) is 0 Å². The number of benzene rings is 1.